The molecule has 2 heterocycles. The predicted molar refractivity (Wildman–Crippen MR) is 257 cm³/mol. The topological polar surface area (TPSA) is 29.0 Å². The molecule has 0 atom stereocenters. The molecular weight excluding hydrogens is 739 g/mol. The van der Waals surface area contributed by atoms with E-state index in [4.69, 9.17) is 0 Å². The molecule has 3 heteroatoms. The average Bonchev–Trinajstić information content (AvgIpc) is 3.33. The van der Waals surface area contributed by atoms with E-state index >= 15 is 0 Å². The van der Waals surface area contributed by atoms with E-state index < -0.39 is 0 Å². The number of nitrogens with zero attached hydrogens (tertiary/aromatic N) is 3. The maximum absolute atomic E-state index is 4.48. The molecule has 0 aliphatic rings. The van der Waals surface area contributed by atoms with Crippen molar-refractivity contribution in [3.05, 3.63) is 225 Å². The molecule has 0 saturated carbocycles. The van der Waals surface area contributed by atoms with Crippen molar-refractivity contribution in [2.75, 3.05) is 4.90 Å². The second-order valence-electron chi connectivity index (χ2n) is 15.9. The van der Waals surface area contributed by atoms with Gasteiger partial charge in [-0.1, -0.05) is 121 Å². The molecule has 0 radical (unpaired) electrons. The van der Waals surface area contributed by atoms with E-state index in [1.165, 1.54) is 76.1 Å². The highest BCUT2D eigenvalue weighted by Gasteiger charge is 2.19. The maximum atomic E-state index is 4.48. The van der Waals surface area contributed by atoms with E-state index in [1.54, 1.807) is 0 Å². The number of hydrogen-bond acceptors (Lipinski definition) is 3. The molecule has 0 fully saturated rings. The summed E-state index contributed by atoms with van der Waals surface area (Å²) < 4.78 is 0. The number of aromatic nitrogens is 2. The molecule has 0 spiro atoms. The Labute approximate surface area is 353 Å². The second-order valence-corrected chi connectivity index (χ2v) is 15.9. The number of benzene rings is 10. The fraction of sp³-hybridized carbons (Fsp3) is 0. The number of pyridine rings is 2. The predicted octanol–water partition coefficient (Wildman–Crippen LogP) is 15.8. The standard InChI is InChI=1S/C58H37N3/c1-2-9-38(10-3-1)49-28-43-19-21-45-30-50(31-46-22-20-44(29-49)57(43)58(45)46)41-17-18-42-33-53(24-23-40(42)27-41)61(56-16-6-12-39-11-4-5-15-55(39)56)54-34-51(47-13-7-25-59-36-47)32-52(35-54)48-14-8-26-60-37-48/h1-37H. The monoisotopic (exact) mass is 775 g/mol. The lowest BCUT2D eigenvalue weighted by Gasteiger charge is -2.28. The van der Waals surface area contributed by atoms with Gasteiger partial charge >= 0.3 is 0 Å². The van der Waals surface area contributed by atoms with Gasteiger partial charge in [0.2, 0.25) is 0 Å². The van der Waals surface area contributed by atoms with Crippen LogP contribution >= 0.6 is 0 Å². The minimum Gasteiger partial charge on any atom is -0.310 e. The second kappa shape index (κ2) is 14.3. The van der Waals surface area contributed by atoms with Crippen molar-refractivity contribution >= 4 is 70.9 Å². The fourth-order valence-corrected chi connectivity index (χ4v) is 9.32. The molecule has 12 rings (SSSR count). The van der Waals surface area contributed by atoms with Crippen LogP contribution in [0.5, 0.6) is 0 Å². The van der Waals surface area contributed by atoms with Crippen molar-refractivity contribution in [3.8, 4) is 44.5 Å². The van der Waals surface area contributed by atoms with Crippen LogP contribution in [0, 0.1) is 0 Å². The highest BCUT2D eigenvalue weighted by molar-refractivity contribution is 6.24. The van der Waals surface area contributed by atoms with E-state index in [0.29, 0.717) is 0 Å². The summed E-state index contributed by atoms with van der Waals surface area (Å²) in [6.45, 7) is 0. The Bertz CT molecular complexity index is 3450. The molecule has 0 aliphatic heterocycles. The summed E-state index contributed by atoms with van der Waals surface area (Å²) in [5, 5.41) is 12.5. The number of hydrogen-bond donors (Lipinski definition) is 0. The van der Waals surface area contributed by atoms with Gasteiger partial charge in [-0.15, -0.1) is 0 Å². The normalized spacial score (nSPS) is 11.6. The fourth-order valence-electron chi connectivity index (χ4n) is 9.32. The van der Waals surface area contributed by atoms with Crippen LogP contribution in [0.3, 0.4) is 0 Å². The third-order valence-corrected chi connectivity index (χ3v) is 12.2. The summed E-state index contributed by atoms with van der Waals surface area (Å²) in [5.74, 6) is 0. The Morgan fingerprint density at radius 2 is 0.787 bits per heavy atom. The first kappa shape index (κ1) is 34.9. The summed E-state index contributed by atoms with van der Waals surface area (Å²) in [7, 11) is 0. The number of fused-ring (bicyclic) bond motifs is 2. The molecule has 0 unspecified atom stereocenters. The Hall–Kier alpha value is -8.14. The summed E-state index contributed by atoms with van der Waals surface area (Å²) >= 11 is 0. The summed E-state index contributed by atoms with van der Waals surface area (Å²) in [4.78, 5) is 11.4. The van der Waals surface area contributed by atoms with Crippen molar-refractivity contribution < 1.29 is 0 Å². The smallest absolute Gasteiger partial charge is 0.0540 e. The lowest BCUT2D eigenvalue weighted by Crippen LogP contribution is -2.11. The van der Waals surface area contributed by atoms with Crippen molar-refractivity contribution in [1.29, 1.82) is 0 Å². The summed E-state index contributed by atoms with van der Waals surface area (Å²) in [6, 6.07) is 73.2. The first-order valence-electron chi connectivity index (χ1n) is 20.8. The van der Waals surface area contributed by atoms with Crippen LogP contribution in [0.4, 0.5) is 17.1 Å². The molecule has 0 aliphatic carbocycles. The van der Waals surface area contributed by atoms with Gasteiger partial charge in [0.15, 0.2) is 0 Å². The molecule has 0 bridgehead atoms. The molecule has 0 saturated heterocycles. The molecule has 61 heavy (non-hydrogen) atoms. The van der Waals surface area contributed by atoms with Gasteiger partial charge in [-0.3, -0.25) is 9.97 Å². The lowest BCUT2D eigenvalue weighted by molar-refractivity contribution is 1.29. The Morgan fingerprint density at radius 1 is 0.279 bits per heavy atom. The van der Waals surface area contributed by atoms with Crippen LogP contribution in [0.25, 0.3) is 98.4 Å². The third kappa shape index (κ3) is 6.14. The largest absolute Gasteiger partial charge is 0.310 e. The van der Waals surface area contributed by atoms with Crippen LogP contribution in [-0.4, -0.2) is 9.97 Å². The zero-order valence-corrected chi connectivity index (χ0v) is 33.2. The number of anilines is 3. The van der Waals surface area contributed by atoms with Crippen LogP contribution in [0.1, 0.15) is 0 Å². The lowest BCUT2D eigenvalue weighted by atomic mass is 9.89. The van der Waals surface area contributed by atoms with Gasteiger partial charge in [-0.05, 0) is 161 Å². The SMILES string of the molecule is c1ccc(-c2cc3ccc4cc(-c5ccc6cc(N(c7cc(-c8cccnc8)cc(-c8cccnc8)c7)c7cccc8ccccc78)ccc6c5)cc5ccc(c2)c3c45)cc1. The van der Waals surface area contributed by atoms with Gasteiger partial charge in [0.05, 0.1) is 5.69 Å². The maximum Gasteiger partial charge on any atom is 0.0540 e. The highest BCUT2D eigenvalue weighted by Crippen LogP contribution is 2.44. The molecule has 3 nitrogen and oxygen atoms in total. The van der Waals surface area contributed by atoms with E-state index in [1.807, 2.05) is 36.9 Å². The van der Waals surface area contributed by atoms with Crippen molar-refractivity contribution in [2.24, 2.45) is 0 Å². The van der Waals surface area contributed by atoms with E-state index in [-0.39, 0.29) is 0 Å². The molecular formula is C58H37N3. The quantitative estimate of drug-likeness (QED) is 0.151. The van der Waals surface area contributed by atoms with Crippen molar-refractivity contribution in [1.82, 2.24) is 9.97 Å². The van der Waals surface area contributed by atoms with Crippen LogP contribution in [0.2, 0.25) is 0 Å². The van der Waals surface area contributed by atoms with Crippen LogP contribution in [-0.2, 0) is 0 Å². The van der Waals surface area contributed by atoms with Gasteiger partial charge in [0.1, 0.15) is 0 Å². The van der Waals surface area contributed by atoms with E-state index in [9.17, 15) is 0 Å². The van der Waals surface area contributed by atoms with Crippen molar-refractivity contribution in [3.63, 3.8) is 0 Å². The molecule has 12 aromatic rings. The van der Waals surface area contributed by atoms with E-state index in [2.05, 4.69) is 203 Å². The first-order chi connectivity index (χ1) is 30.2. The Morgan fingerprint density at radius 3 is 1.43 bits per heavy atom. The molecule has 0 N–H and O–H groups in total. The molecule has 0 amide bonds. The first-order valence-corrected chi connectivity index (χ1v) is 20.8. The summed E-state index contributed by atoms with van der Waals surface area (Å²) in [6.07, 6.45) is 7.51. The third-order valence-electron chi connectivity index (χ3n) is 12.2. The minimum absolute atomic E-state index is 1.05. The Kier molecular flexibility index (Phi) is 8.17. The minimum atomic E-state index is 1.05. The molecule has 10 aromatic carbocycles. The average molecular weight is 776 g/mol. The number of rotatable bonds is 7. The zero-order chi connectivity index (χ0) is 40.3. The molecule has 284 valence electrons. The van der Waals surface area contributed by atoms with E-state index in [0.717, 1.165) is 39.3 Å². The highest BCUT2D eigenvalue weighted by atomic mass is 15.1. The van der Waals surface area contributed by atoms with Gasteiger partial charge in [-0.25, -0.2) is 0 Å². The summed E-state index contributed by atoms with van der Waals surface area (Å²) in [5.41, 5.74) is 12.4. The molecule has 2 aromatic heterocycles. The van der Waals surface area contributed by atoms with Gasteiger partial charge in [0.25, 0.3) is 0 Å². The van der Waals surface area contributed by atoms with Crippen LogP contribution < -0.4 is 4.90 Å². The van der Waals surface area contributed by atoms with Gasteiger partial charge in [0, 0.05) is 52.7 Å². The van der Waals surface area contributed by atoms with Crippen molar-refractivity contribution in [2.45, 2.75) is 0 Å². The Balaban J connectivity index is 0.982. The van der Waals surface area contributed by atoms with Crippen LogP contribution in [0.15, 0.2) is 225 Å². The van der Waals surface area contributed by atoms with Gasteiger partial charge < -0.3 is 4.90 Å². The zero-order valence-electron chi connectivity index (χ0n) is 33.2. The van der Waals surface area contributed by atoms with Gasteiger partial charge in [-0.2, -0.15) is 0 Å².